The van der Waals surface area contributed by atoms with Crippen LogP contribution >= 0.6 is 0 Å². The highest BCUT2D eigenvalue weighted by Crippen LogP contribution is 2.10. The summed E-state index contributed by atoms with van der Waals surface area (Å²) in [7, 11) is 0. The molecule has 0 saturated carbocycles. The second kappa shape index (κ2) is 11.3. The van der Waals surface area contributed by atoms with E-state index in [2.05, 4.69) is 17.6 Å². The van der Waals surface area contributed by atoms with E-state index in [9.17, 15) is 9.59 Å². The van der Waals surface area contributed by atoms with Crippen molar-refractivity contribution < 1.29 is 14.3 Å². The summed E-state index contributed by atoms with van der Waals surface area (Å²) >= 11 is 0. The van der Waals surface area contributed by atoms with Crippen LogP contribution in [0, 0.1) is 0 Å². The maximum atomic E-state index is 11.7. The molecule has 23 heavy (non-hydrogen) atoms. The van der Waals surface area contributed by atoms with Crippen molar-refractivity contribution in [2.45, 2.75) is 39.5 Å². The number of nitrogens with one attached hydrogen (secondary N) is 2. The van der Waals surface area contributed by atoms with E-state index < -0.39 is 0 Å². The molecule has 2 amide bonds. The third-order valence-corrected chi connectivity index (χ3v) is 3.18. The van der Waals surface area contributed by atoms with Crippen LogP contribution in [-0.2, 0) is 9.53 Å². The van der Waals surface area contributed by atoms with E-state index in [-0.39, 0.29) is 12.0 Å². The molecule has 0 aliphatic carbocycles. The Bertz CT molecular complexity index is 510. The van der Waals surface area contributed by atoms with Crippen molar-refractivity contribution in [2.75, 3.05) is 18.5 Å². The first-order chi connectivity index (χ1) is 11.2. The minimum absolute atomic E-state index is 0.198. The first-order valence-corrected chi connectivity index (χ1v) is 8.15. The first kappa shape index (κ1) is 18.7. The number of hydrogen-bond acceptors (Lipinski definition) is 3. The van der Waals surface area contributed by atoms with E-state index in [4.69, 9.17) is 4.74 Å². The predicted molar refractivity (Wildman–Crippen MR) is 93.3 cm³/mol. The van der Waals surface area contributed by atoms with E-state index in [0.717, 1.165) is 18.4 Å². The minimum Gasteiger partial charge on any atom is -0.463 e. The molecule has 0 aliphatic rings. The van der Waals surface area contributed by atoms with Gasteiger partial charge in [0.05, 0.1) is 6.61 Å². The zero-order valence-corrected chi connectivity index (χ0v) is 13.9. The van der Waals surface area contributed by atoms with Gasteiger partial charge in [0.25, 0.3) is 0 Å². The number of carbonyl (C=O) groups excluding carboxylic acids is 2. The third kappa shape index (κ3) is 8.66. The monoisotopic (exact) mass is 318 g/mol. The van der Waals surface area contributed by atoms with Gasteiger partial charge < -0.3 is 15.4 Å². The summed E-state index contributed by atoms with van der Waals surface area (Å²) in [5.41, 5.74) is 1.58. The molecule has 1 aromatic carbocycles. The van der Waals surface area contributed by atoms with Gasteiger partial charge in [-0.3, -0.25) is 0 Å². The van der Waals surface area contributed by atoms with Crippen LogP contribution in [-0.4, -0.2) is 25.2 Å². The van der Waals surface area contributed by atoms with Gasteiger partial charge in [0.2, 0.25) is 0 Å². The number of amides is 2. The Labute approximate surface area is 138 Å². The fourth-order valence-corrected chi connectivity index (χ4v) is 1.96. The molecule has 5 heteroatoms. The number of unbranched alkanes of at least 4 members (excludes halogenated alkanes) is 3. The van der Waals surface area contributed by atoms with E-state index >= 15 is 0 Å². The lowest BCUT2D eigenvalue weighted by molar-refractivity contribution is -0.137. The van der Waals surface area contributed by atoms with Crippen LogP contribution in [0.2, 0.25) is 0 Å². The van der Waals surface area contributed by atoms with Crippen LogP contribution in [0.5, 0.6) is 0 Å². The van der Waals surface area contributed by atoms with E-state index in [1.807, 2.05) is 12.1 Å². The molecule has 5 nitrogen and oxygen atoms in total. The Morgan fingerprint density at radius 2 is 1.83 bits per heavy atom. The fraction of sp³-hybridized carbons (Fsp3) is 0.444. The summed E-state index contributed by atoms with van der Waals surface area (Å²) in [4.78, 5) is 22.9. The molecule has 126 valence electrons. The maximum absolute atomic E-state index is 11.7. The molecule has 1 aromatic rings. The molecule has 1 rings (SSSR count). The van der Waals surface area contributed by atoms with Gasteiger partial charge in [-0.1, -0.05) is 38.3 Å². The molecule has 0 spiro atoms. The van der Waals surface area contributed by atoms with Gasteiger partial charge in [0, 0.05) is 18.3 Å². The van der Waals surface area contributed by atoms with E-state index in [1.54, 1.807) is 25.1 Å². The molecule has 0 heterocycles. The SMILES string of the molecule is CCCCCCNC(=O)Nc1ccc(/C=C/C(=O)OCC)cc1. The second-order valence-corrected chi connectivity index (χ2v) is 5.15. The van der Waals surface area contributed by atoms with Gasteiger partial charge in [-0.2, -0.15) is 0 Å². The number of ether oxygens (including phenoxy) is 1. The number of hydrogen-bond donors (Lipinski definition) is 2. The van der Waals surface area contributed by atoms with Crippen molar-refractivity contribution in [3.05, 3.63) is 35.9 Å². The Balaban J connectivity index is 2.35. The van der Waals surface area contributed by atoms with Gasteiger partial charge in [0.15, 0.2) is 0 Å². The molecular weight excluding hydrogens is 292 g/mol. The fourth-order valence-electron chi connectivity index (χ4n) is 1.96. The molecule has 0 unspecified atom stereocenters. The summed E-state index contributed by atoms with van der Waals surface area (Å²) in [5.74, 6) is -0.364. The molecule has 0 bridgehead atoms. The molecule has 0 aromatic heterocycles. The topological polar surface area (TPSA) is 67.4 Å². The maximum Gasteiger partial charge on any atom is 0.330 e. The largest absolute Gasteiger partial charge is 0.463 e. The molecule has 2 N–H and O–H groups in total. The zero-order valence-electron chi connectivity index (χ0n) is 13.9. The van der Waals surface area contributed by atoms with Gasteiger partial charge in [0.1, 0.15) is 0 Å². The lowest BCUT2D eigenvalue weighted by atomic mass is 10.2. The number of urea groups is 1. The Morgan fingerprint density at radius 3 is 2.48 bits per heavy atom. The summed E-state index contributed by atoms with van der Waals surface area (Å²) < 4.78 is 4.81. The van der Waals surface area contributed by atoms with Gasteiger partial charge >= 0.3 is 12.0 Å². The molecule has 0 saturated heterocycles. The van der Waals surface area contributed by atoms with Crippen LogP contribution in [0.3, 0.4) is 0 Å². The van der Waals surface area contributed by atoms with Crippen LogP contribution in [0.15, 0.2) is 30.3 Å². The Morgan fingerprint density at radius 1 is 1.09 bits per heavy atom. The zero-order chi connectivity index (χ0) is 16.9. The van der Waals surface area contributed by atoms with Crippen LogP contribution in [0.1, 0.15) is 45.1 Å². The number of anilines is 1. The summed E-state index contributed by atoms with van der Waals surface area (Å²) in [5, 5.41) is 5.61. The molecule has 0 aliphatic heterocycles. The van der Waals surface area contributed by atoms with Crippen molar-refractivity contribution >= 4 is 23.8 Å². The van der Waals surface area contributed by atoms with Crippen molar-refractivity contribution in [1.29, 1.82) is 0 Å². The third-order valence-electron chi connectivity index (χ3n) is 3.18. The highest BCUT2D eigenvalue weighted by atomic mass is 16.5. The summed E-state index contributed by atoms with van der Waals surface area (Å²) in [6.45, 7) is 4.97. The van der Waals surface area contributed by atoms with Crippen LogP contribution in [0.25, 0.3) is 6.08 Å². The van der Waals surface area contributed by atoms with Crippen molar-refractivity contribution in [3.63, 3.8) is 0 Å². The number of carbonyl (C=O) groups is 2. The molecular formula is C18H26N2O3. The first-order valence-electron chi connectivity index (χ1n) is 8.15. The smallest absolute Gasteiger partial charge is 0.330 e. The lowest BCUT2D eigenvalue weighted by Gasteiger charge is -2.07. The molecule has 0 fully saturated rings. The summed E-state index contributed by atoms with van der Waals surface area (Å²) in [6, 6.07) is 7.04. The van der Waals surface area contributed by atoms with E-state index in [1.165, 1.54) is 18.9 Å². The quantitative estimate of drug-likeness (QED) is 0.411. The van der Waals surface area contributed by atoms with E-state index in [0.29, 0.717) is 18.8 Å². The minimum atomic E-state index is -0.364. The van der Waals surface area contributed by atoms with Crippen molar-refractivity contribution in [2.24, 2.45) is 0 Å². The average molecular weight is 318 g/mol. The highest BCUT2D eigenvalue weighted by Gasteiger charge is 2.01. The highest BCUT2D eigenvalue weighted by molar-refractivity contribution is 5.90. The van der Waals surface area contributed by atoms with Crippen molar-refractivity contribution in [3.8, 4) is 0 Å². The predicted octanol–water partition coefficient (Wildman–Crippen LogP) is 3.96. The lowest BCUT2D eigenvalue weighted by Crippen LogP contribution is -2.29. The molecule has 0 atom stereocenters. The Kier molecular flexibility index (Phi) is 9.20. The summed E-state index contributed by atoms with van der Waals surface area (Å²) in [6.07, 6.45) is 7.58. The average Bonchev–Trinajstić information content (AvgIpc) is 2.54. The van der Waals surface area contributed by atoms with Gasteiger partial charge in [-0.05, 0) is 37.1 Å². The molecule has 0 radical (unpaired) electrons. The van der Waals surface area contributed by atoms with Gasteiger partial charge in [-0.15, -0.1) is 0 Å². The van der Waals surface area contributed by atoms with Crippen molar-refractivity contribution in [1.82, 2.24) is 5.32 Å². The standard InChI is InChI=1S/C18H26N2O3/c1-3-5-6-7-14-19-18(22)20-16-11-8-15(9-12-16)10-13-17(21)23-4-2/h8-13H,3-7,14H2,1-2H3,(H2,19,20,22)/b13-10+. The normalized spacial score (nSPS) is 10.5. The Hall–Kier alpha value is -2.30. The number of benzene rings is 1. The van der Waals surface area contributed by atoms with Gasteiger partial charge in [-0.25, -0.2) is 9.59 Å². The van der Waals surface area contributed by atoms with Crippen LogP contribution < -0.4 is 10.6 Å². The number of rotatable bonds is 9. The van der Waals surface area contributed by atoms with Crippen LogP contribution in [0.4, 0.5) is 10.5 Å². The number of esters is 1. The second-order valence-electron chi connectivity index (χ2n) is 5.15.